The number of nitrogens with zero attached hydrogens (tertiary/aromatic N) is 3. The molecule has 0 bridgehead atoms. The summed E-state index contributed by atoms with van der Waals surface area (Å²) in [6, 6.07) is 18.9. The SMILES string of the molecule is Cc1c(Cl)cccc1OCCOC(=O)N1CCCc2c(-c3cnn(Cc4cccc(NC(=O)CCC(=O)OC(C)C)c4)c3)cccc21. The van der Waals surface area contributed by atoms with Crippen LogP contribution in [0.2, 0.25) is 5.02 Å². The van der Waals surface area contributed by atoms with Crippen molar-refractivity contribution in [2.24, 2.45) is 0 Å². The second-order valence-corrected chi connectivity index (χ2v) is 12.0. The number of rotatable bonds is 12. The molecule has 10 nitrogen and oxygen atoms in total. The van der Waals surface area contributed by atoms with Gasteiger partial charge in [0.25, 0.3) is 0 Å². The highest BCUT2D eigenvalue weighted by Gasteiger charge is 2.26. The average molecular weight is 659 g/mol. The Morgan fingerprint density at radius 2 is 1.83 bits per heavy atom. The molecule has 11 heteroatoms. The fourth-order valence-electron chi connectivity index (χ4n) is 5.47. The van der Waals surface area contributed by atoms with E-state index in [2.05, 4.69) is 10.4 Å². The van der Waals surface area contributed by atoms with E-state index in [4.69, 9.17) is 25.8 Å². The Kier molecular flexibility index (Phi) is 11.2. The summed E-state index contributed by atoms with van der Waals surface area (Å²) in [5, 5.41) is 8.07. The first-order valence-corrected chi connectivity index (χ1v) is 16.1. The van der Waals surface area contributed by atoms with Gasteiger partial charge in [-0.3, -0.25) is 19.2 Å². The first-order valence-electron chi connectivity index (χ1n) is 15.7. The fraction of sp³-hybridized carbons (Fsp3) is 0.333. The number of amides is 2. The molecule has 0 saturated heterocycles. The zero-order chi connectivity index (χ0) is 33.3. The van der Waals surface area contributed by atoms with Gasteiger partial charge in [-0.05, 0) is 80.6 Å². The highest BCUT2D eigenvalue weighted by atomic mass is 35.5. The minimum absolute atomic E-state index is 0.0292. The van der Waals surface area contributed by atoms with Gasteiger partial charge >= 0.3 is 12.1 Å². The maximum atomic E-state index is 13.1. The van der Waals surface area contributed by atoms with E-state index in [1.807, 2.05) is 78.6 Å². The number of hydrogen-bond donors (Lipinski definition) is 1. The number of aromatic nitrogens is 2. The number of carbonyl (C=O) groups excluding carboxylic acids is 3. The lowest BCUT2D eigenvalue weighted by Gasteiger charge is -2.30. The van der Waals surface area contributed by atoms with Crippen LogP contribution in [0.4, 0.5) is 16.2 Å². The molecule has 1 aliphatic rings. The highest BCUT2D eigenvalue weighted by Crippen LogP contribution is 2.36. The monoisotopic (exact) mass is 658 g/mol. The third-order valence-corrected chi connectivity index (χ3v) is 8.09. The van der Waals surface area contributed by atoms with E-state index in [1.165, 1.54) is 0 Å². The van der Waals surface area contributed by atoms with Gasteiger partial charge in [0.1, 0.15) is 19.0 Å². The number of esters is 1. The molecule has 0 radical (unpaired) electrons. The molecule has 5 rings (SSSR count). The molecule has 1 aliphatic heterocycles. The van der Waals surface area contributed by atoms with Gasteiger partial charge in [0, 0.05) is 41.0 Å². The molecule has 2 heterocycles. The molecular formula is C36H39ClN4O6. The summed E-state index contributed by atoms with van der Waals surface area (Å²) < 4.78 is 18.3. The van der Waals surface area contributed by atoms with E-state index >= 15 is 0 Å². The van der Waals surface area contributed by atoms with E-state index in [9.17, 15) is 14.4 Å². The molecule has 0 saturated carbocycles. The van der Waals surface area contributed by atoms with Crippen LogP contribution in [0.25, 0.3) is 11.1 Å². The molecule has 0 spiro atoms. The van der Waals surface area contributed by atoms with Crippen LogP contribution >= 0.6 is 11.6 Å². The maximum Gasteiger partial charge on any atom is 0.414 e. The summed E-state index contributed by atoms with van der Waals surface area (Å²) in [5.74, 6) is 0.0212. The summed E-state index contributed by atoms with van der Waals surface area (Å²) in [5.41, 5.74) is 6.31. The Hall–Kier alpha value is -4.83. The van der Waals surface area contributed by atoms with E-state index in [0.717, 1.165) is 46.3 Å². The maximum absolute atomic E-state index is 13.1. The van der Waals surface area contributed by atoms with Crippen LogP contribution in [0.1, 0.15) is 49.8 Å². The van der Waals surface area contributed by atoms with Crippen molar-refractivity contribution < 1.29 is 28.6 Å². The van der Waals surface area contributed by atoms with Crippen LogP contribution in [-0.2, 0) is 32.0 Å². The van der Waals surface area contributed by atoms with E-state index in [1.54, 1.807) is 24.8 Å². The van der Waals surface area contributed by atoms with E-state index in [0.29, 0.717) is 29.5 Å². The van der Waals surface area contributed by atoms with E-state index < -0.39 is 12.1 Å². The summed E-state index contributed by atoms with van der Waals surface area (Å²) in [4.78, 5) is 38.9. The predicted molar refractivity (Wildman–Crippen MR) is 181 cm³/mol. The van der Waals surface area contributed by atoms with E-state index in [-0.39, 0.29) is 38.1 Å². The standard InChI is InChI=1S/C36H39ClN4O6/c1-24(2)47-35(43)16-15-34(42)39-28-9-4-8-26(20-28)22-40-23-27(21-38-40)29-10-5-13-32-30(29)11-7-17-41(32)36(44)46-19-18-45-33-14-6-12-31(37)25(33)3/h4-6,8-10,12-14,20-21,23-24H,7,11,15-19,22H2,1-3H3,(H,39,42). The van der Waals surface area contributed by atoms with Crippen molar-refractivity contribution in [3.8, 4) is 16.9 Å². The van der Waals surface area contributed by atoms with Gasteiger partial charge in [0.2, 0.25) is 5.91 Å². The van der Waals surface area contributed by atoms with Gasteiger partial charge in [0.05, 0.1) is 31.0 Å². The first kappa shape index (κ1) is 33.5. The van der Waals surface area contributed by atoms with Crippen LogP contribution in [0, 0.1) is 6.92 Å². The molecular weight excluding hydrogens is 620 g/mol. The lowest BCUT2D eigenvalue weighted by molar-refractivity contribution is -0.148. The topological polar surface area (TPSA) is 112 Å². The lowest BCUT2D eigenvalue weighted by Crippen LogP contribution is -2.36. The Balaban J connectivity index is 1.19. The molecule has 0 atom stereocenters. The molecule has 47 heavy (non-hydrogen) atoms. The van der Waals surface area contributed by atoms with Crippen molar-refractivity contribution in [1.82, 2.24) is 9.78 Å². The number of benzene rings is 3. The van der Waals surface area contributed by atoms with Gasteiger partial charge in [-0.1, -0.05) is 41.9 Å². The van der Waals surface area contributed by atoms with Crippen molar-refractivity contribution in [3.63, 3.8) is 0 Å². The number of hydrogen-bond acceptors (Lipinski definition) is 7. The molecule has 2 amide bonds. The van der Waals surface area contributed by atoms with Crippen molar-refractivity contribution in [2.45, 2.75) is 59.1 Å². The molecule has 0 unspecified atom stereocenters. The number of fused-ring (bicyclic) bond motifs is 1. The molecule has 3 aromatic carbocycles. The molecule has 1 N–H and O–H groups in total. The van der Waals surface area contributed by atoms with Gasteiger partial charge in [-0.2, -0.15) is 5.10 Å². The van der Waals surface area contributed by atoms with Gasteiger partial charge in [0.15, 0.2) is 0 Å². The first-order chi connectivity index (χ1) is 22.7. The van der Waals surface area contributed by atoms with Crippen LogP contribution in [0.15, 0.2) is 73.1 Å². The summed E-state index contributed by atoms with van der Waals surface area (Å²) in [6.45, 7) is 6.82. The van der Waals surface area contributed by atoms with Crippen LogP contribution in [0.3, 0.4) is 0 Å². The number of ether oxygens (including phenoxy) is 3. The fourth-order valence-corrected chi connectivity index (χ4v) is 5.64. The summed E-state index contributed by atoms with van der Waals surface area (Å²) in [6.07, 6.45) is 4.90. The molecule has 1 aromatic heterocycles. The van der Waals surface area contributed by atoms with Gasteiger partial charge < -0.3 is 19.5 Å². The number of halogens is 1. The number of nitrogens with one attached hydrogen (secondary N) is 1. The van der Waals surface area contributed by atoms with Crippen molar-refractivity contribution in [3.05, 3.63) is 94.8 Å². The third-order valence-electron chi connectivity index (χ3n) is 7.68. The normalized spacial score (nSPS) is 12.4. The van der Waals surface area contributed by atoms with Crippen LogP contribution < -0.4 is 15.0 Å². The minimum Gasteiger partial charge on any atom is -0.490 e. The highest BCUT2D eigenvalue weighted by molar-refractivity contribution is 6.31. The minimum atomic E-state index is -0.410. The van der Waals surface area contributed by atoms with Gasteiger partial charge in [-0.25, -0.2) is 4.79 Å². The number of carbonyl (C=O) groups is 3. The third kappa shape index (κ3) is 8.92. The second kappa shape index (κ2) is 15.6. The average Bonchev–Trinajstić information content (AvgIpc) is 3.51. The molecule has 0 fully saturated rings. The summed E-state index contributed by atoms with van der Waals surface area (Å²) in [7, 11) is 0. The summed E-state index contributed by atoms with van der Waals surface area (Å²) >= 11 is 6.17. The lowest BCUT2D eigenvalue weighted by atomic mass is 9.93. The predicted octanol–water partition coefficient (Wildman–Crippen LogP) is 7.20. The smallest absolute Gasteiger partial charge is 0.414 e. The van der Waals surface area contributed by atoms with Crippen LogP contribution in [-0.4, -0.2) is 53.6 Å². The second-order valence-electron chi connectivity index (χ2n) is 11.6. The zero-order valence-electron chi connectivity index (χ0n) is 26.8. The van der Waals surface area contributed by atoms with Crippen LogP contribution in [0.5, 0.6) is 5.75 Å². The molecule has 4 aromatic rings. The quantitative estimate of drug-likeness (QED) is 0.127. The van der Waals surface area contributed by atoms with Crippen molar-refractivity contribution >= 4 is 40.9 Å². The number of anilines is 2. The molecule has 246 valence electrons. The Labute approximate surface area is 279 Å². The Morgan fingerprint density at radius 1 is 1.02 bits per heavy atom. The zero-order valence-corrected chi connectivity index (χ0v) is 27.6. The molecule has 0 aliphatic carbocycles. The Morgan fingerprint density at radius 3 is 2.66 bits per heavy atom. The van der Waals surface area contributed by atoms with Gasteiger partial charge in [-0.15, -0.1) is 0 Å². The largest absolute Gasteiger partial charge is 0.490 e. The van der Waals surface area contributed by atoms with Crippen molar-refractivity contribution in [2.75, 3.05) is 30.0 Å². The van der Waals surface area contributed by atoms with Crippen molar-refractivity contribution in [1.29, 1.82) is 0 Å². The Bertz CT molecular complexity index is 1740.